The van der Waals surface area contributed by atoms with E-state index in [9.17, 15) is 9.90 Å². The van der Waals surface area contributed by atoms with Crippen molar-refractivity contribution in [3.05, 3.63) is 29.8 Å². The average molecular weight is 225 g/mol. The molecule has 1 rings (SSSR count). The lowest BCUT2D eigenvalue weighted by Gasteiger charge is -2.21. The zero-order valence-electron chi connectivity index (χ0n) is 8.97. The molecule has 1 atom stereocenters. The molecular weight excluding hydrogens is 210 g/mol. The van der Waals surface area contributed by atoms with E-state index >= 15 is 0 Å². The molecule has 4 N–H and O–H groups in total. The van der Waals surface area contributed by atoms with Crippen LogP contribution in [0.3, 0.4) is 0 Å². The topological polar surface area (TPSA) is 89.8 Å². The normalized spacial score (nSPS) is 14.2. The molecule has 0 amide bonds. The van der Waals surface area contributed by atoms with Crippen molar-refractivity contribution >= 4 is 11.7 Å². The van der Waals surface area contributed by atoms with E-state index in [0.717, 1.165) is 0 Å². The molecule has 5 nitrogen and oxygen atoms in total. The monoisotopic (exact) mass is 225 g/mol. The maximum Gasteiger partial charge on any atom is 0.337 e. The first-order valence-electron chi connectivity index (χ1n) is 4.86. The molecule has 88 valence electrons. The number of aliphatic hydroxyl groups is 2. The molecule has 0 aliphatic carbocycles. The summed E-state index contributed by atoms with van der Waals surface area (Å²) in [6.45, 7) is 1.15. The Hall–Kier alpha value is -1.59. The fraction of sp³-hybridized carbons (Fsp3) is 0.364. The molecule has 0 heterocycles. The van der Waals surface area contributed by atoms with Crippen LogP contribution in [0.1, 0.15) is 17.3 Å². The Morgan fingerprint density at radius 2 is 2.06 bits per heavy atom. The minimum Gasteiger partial charge on any atom is -0.478 e. The van der Waals surface area contributed by atoms with Gasteiger partial charge in [0, 0.05) is 12.2 Å². The highest BCUT2D eigenvalue weighted by atomic mass is 16.4. The van der Waals surface area contributed by atoms with Gasteiger partial charge in [0.1, 0.15) is 5.60 Å². The van der Waals surface area contributed by atoms with Crippen molar-refractivity contribution < 1.29 is 20.1 Å². The van der Waals surface area contributed by atoms with Crippen LogP contribution in [0.2, 0.25) is 0 Å². The van der Waals surface area contributed by atoms with Gasteiger partial charge in [0.2, 0.25) is 0 Å². The van der Waals surface area contributed by atoms with Crippen molar-refractivity contribution in [2.75, 3.05) is 18.5 Å². The second-order valence-corrected chi connectivity index (χ2v) is 3.86. The zero-order chi connectivity index (χ0) is 12.2. The van der Waals surface area contributed by atoms with E-state index in [2.05, 4.69) is 5.32 Å². The SMILES string of the molecule is CC(O)(CO)CNc1ccccc1C(=O)O. The van der Waals surface area contributed by atoms with Crippen LogP contribution >= 0.6 is 0 Å². The predicted molar refractivity (Wildman–Crippen MR) is 59.6 cm³/mol. The van der Waals surface area contributed by atoms with Gasteiger partial charge in [0.15, 0.2) is 0 Å². The smallest absolute Gasteiger partial charge is 0.337 e. The fourth-order valence-corrected chi connectivity index (χ4v) is 1.17. The number of benzene rings is 1. The molecule has 0 aromatic heterocycles. The first kappa shape index (κ1) is 12.5. The summed E-state index contributed by atoms with van der Waals surface area (Å²) in [5.74, 6) is -1.04. The fourth-order valence-electron chi connectivity index (χ4n) is 1.17. The van der Waals surface area contributed by atoms with E-state index in [4.69, 9.17) is 10.2 Å². The number of rotatable bonds is 5. The van der Waals surface area contributed by atoms with Crippen molar-refractivity contribution in [2.24, 2.45) is 0 Å². The first-order valence-corrected chi connectivity index (χ1v) is 4.86. The van der Waals surface area contributed by atoms with Crippen LogP contribution in [0, 0.1) is 0 Å². The molecule has 16 heavy (non-hydrogen) atoms. The average Bonchev–Trinajstić information content (AvgIpc) is 2.27. The summed E-state index contributed by atoms with van der Waals surface area (Å²) < 4.78 is 0. The number of carboxylic acid groups (broad SMARTS) is 1. The van der Waals surface area contributed by atoms with Gasteiger partial charge >= 0.3 is 5.97 Å². The standard InChI is InChI=1S/C11H15NO4/c1-11(16,7-13)6-12-9-5-3-2-4-8(9)10(14)15/h2-5,12-13,16H,6-7H2,1H3,(H,14,15). The Kier molecular flexibility index (Phi) is 3.87. The Balaban J connectivity index is 2.78. The van der Waals surface area contributed by atoms with Crippen molar-refractivity contribution in [3.8, 4) is 0 Å². The van der Waals surface area contributed by atoms with Gasteiger partial charge in [-0.3, -0.25) is 0 Å². The lowest BCUT2D eigenvalue weighted by molar-refractivity contribution is 0.0132. The van der Waals surface area contributed by atoms with Crippen molar-refractivity contribution in [1.29, 1.82) is 0 Å². The summed E-state index contributed by atoms with van der Waals surface area (Å²) in [6, 6.07) is 6.40. The van der Waals surface area contributed by atoms with Crippen LogP contribution in [-0.2, 0) is 0 Å². The molecule has 0 bridgehead atoms. The van der Waals surface area contributed by atoms with E-state index in [1.807, 2.05) is 0 Å². The van der Waals surface area contributed by atoms with Gasteiger partial charge in [-0.05, 0) is 19.1 Å². The summed E-state index contributed by atoms with van der Waals surface area (Å²) in [5.41, 5.74) is -0.717. The van der Waals surface area contributed by atoms with Crippen LogP contribution in [0.15, 0.2) is 24.3 Å². The third-order valence-corrected chi connectivity index (χ3v) is 2.16. The van der Waals surface area contributed by atoms with Crippen molar-refractivity contribution in [1.82, 2.24) is 0 Å². The number of aromatic carboxylic acids is 1. The van der Waals surface area contributed by atoms with Crippen LogP contribution in [0.4, 0.5) is 5.69 Å². The summed E-state index contributed by atoms with van der Waals surface area (Å²) in [5, 5.41) is 30.1. The number of hydrogen-bond donors (Lipinski definition) is 4. The highest BCUT2D eigenvalue weighted by Crippen LogP contribution is 2.16. The van der Waals surface area contributed by atoms with E-state index < -0.39 is 18.2 Å². The summed E-state index contributed by atoms with van der Waals surface area (Å²) >= 11 is 0. The summed E-state index contributed by atoms with van der Waals surface area (Å²) in [4.78, 5) is 10.9. The van der Waals surface area contributed by atoms with E-state index in [1.54, 1.807) is 18.2 Å². The number of anilines is 1. The molecule has 0 aliphatic rings. The largest absolute Gasteiger partial charge is 0.478 e. The van der Waals surface area contributed by atoms with Crippen LogP contribution in [0.5, 0.6) is 0 Å². The lowest BCUT2D eigenvalue weighted by Crippen LogP contribution is -2.37. The zero-order valence-corrected chi connectivity index (χ0v) is 8.97. The number of nitrogens with one attached hydrogen (secondary N) is 1. The Bertz CT molecular complexity index is 376. The lowest BCUT2D eigenvalue weighted by atomic mass is 10.1. The van der Waals surface area contributed by atoms with E-state index in [0.29, 0.717) is 5.69 Å². The molecule has 0 radical (unpaired) electrons. The number of carbonyl (C=O) groups is 1. The second-order valence-electron chi connectivity index (χ2n) is 3.86. The summed E-state index contributed by atoms with van der Waals surface area (Å²) in [6.07, 6.45) is 0. The Morgan fingerprint density at radius 1 is 1.44 bits per heavy atom. The number of carboxylic acids is 1. The predicted octanol–water partition coefficient (Wildman–Crippen LogP) is 0.540. The number of aliphatic hydroxyl groups excluding tert-OH is 1. The molecule has 0 spiro atoms. The first-order chi connectivity index (χ1) is 7.46. The Labute approximate surface area is 93.4 Å². The molecule has 0 saturated carbocycles. The van der Waals surface area contributed by atoms with Gasteiger partial charge < -0.3 is 20.6 Å². The van der Waals surface area contributed by atoms with Gasteiger partial charge in [0.05, 0.1) is 12.2 Å². The summed E-state index contributed by atoms with van der Waals surface area (Å²) in [7, 11) is 0. The highest BCUT2D eigenvalue weighted by molar-refractivity contribution is 5.94. The van der Waals surface area contributed by atoms with Crippen molar-refractivity contribution in [2.45, 2.75) is 12.5 Å². The number of para-hydroxylation sites is 1. The molecule has 1 aromatic carbocycles. The third-order valence-electron chi connectivity index (χ3n) is 2.16. The number of hydrogen-bond acceptors (Lipinski definition) is 4. The van der Waals surface area contributed by atoms with E-state index in [1.165, 1.54) is 13.0 Å². The maximum absolute atomic E-state index is 10.9. The molecule has 0 saturated heterocycles. The van der Waals surface area contributed by atoms with Gasteiger partial charge in [-0.25, -0.2) is 4.79 Å². The highest BCUT2D eigenvalue weighted by Gasteiger charge is 2.19. The van der Waals surface area contributed by atoms with E-state index in [-0.39, 0.29) is 12.1 Å². The second kappa shape index (κ2) is 4.96. The molecular formula is C11H15NO4. The molecule has 1 unspecified atom stereocenters. The van der Waals surface area contributed by atoms with Gasteiger partial charge in [-0.15, -0.1) is 0 Å². The minimum atomic E-state index is -1.27. The molecule has 1 aromatic rings. The molecule has 0 aliphatic heterocycles. The molecule has 5 heteroatoms. The third kappa shape index (κ3) is 3.22. The quantitative estimate of drug-likeness (QED) is 0.587. The van der Waals surface area contributed by atoms with Gasteiger partial charge in [-0.1, -0.05) is 12.1 Å². The van der Waals surface area contributed by atoms with Gasteiger partial charge in [-0.2, -0.15) is 0 Å². The maximum atomic E-state index is 10.9. The van der Waals surface area contributed by atoms with Crippen molar-refractivity contribution in [3.63, 3.8) is 0 Å². The van der Waals surface area contributed by atoms with Crippen LogP contribution < -0.4 is 5.32 Å². The molecule has 0 fully saturated rings. The Morgan fingerprint density at radius 3 is 2.62 bits per heavy atom. The van der Waals surface area contributed by atoms with Gasteiger partial charge in [0.25, 0.3) is 0 Å². The minimum absolute atomic E-state index is 0.0772. The van der Waals surface area contributed by atoms with Crippen LogP contribution in [0.25, 0.3) is 0 Å². The van der Waals surface area contributed by atoms with Crippen LogP contribution in [-0.4, -0.2) is 40.0 Å².